The van der Waals surface area contributed by atoms with Crippen LogP contribution in [0.2, 0.25) is 0 Å². The zero-order valence-electron chi connectivity index (χ0n) is 11.4. The maximum Gasteiger partial charge on any atom is 0.249 e. The lowest BCUT2D eigenvalue weighted by Crippen LogP contribution is -2.42. The molecule has 0 saturated carbocycles. The average molecular weight is 234 g/mol. The van der Waals surface area contributed by atoms with Gasteiger partial charge in [0.1, 0.15) is 0 Å². The maximum atomic E-state index is 12.4. The van der Waals surface area contributed by atoms with E-state index in [2.05, 4.69) is 6.07 Å². The fourth-order valence-corrected chi connectivity index (χ4v) is 2.39. The molecule has 0 heterocycles. The third-order valence-corrected chi connectivity index (χ3v) is 3.27. The quantitative estimate of drug-likeness (QED) is 0.753. The second-order valence-corrected chi connectivity index (χ2v) is 5.68. The average Bonchev–Trinajstić information content (AvgIpc) is 2.61. The van der Waals surface area contributed by atoms with Crippen LogP contribution >= 0.6 is 0 Å². The molecule has 0 N–H and O–H groups in total. The Kier molecular flexibility index (Phi) is 3.98. The SMILES string of the molecule is CC(C)N(C(=O)C1=CCC(C)(C#N)C1)C(C)C. The number of nitrogens with zero attached hydrogens (tertiary/aromatic N) is 2. The Morgan fingerprint density at radius 3 is 2.29 bits per heavy atom. The summed E-state index contributed by atoms with van der Waals surface area (Å²) in [5.41, 5.74) is 0.418. The van der Waals surface area contributed by atoms with Gasteiger partial charge in [0.15, 0.2) is 0 Å². The summed E-state index contributed by atoms with van der Waals surface area (Å²) in [7, 11) is 0. The first-order valence-electron chi connectivity index (χ1n) is 6.23. The normalized spacial score (nSPS) is 23.8. The fraction of sp³-hybridized carbons (Fsp3) is 0.714. The van der Waals surface area contributed by atoms with Crippen LogP contribution in [0, 0.1) is 16.7 Å². The van der Waals surface area contributed by atoms with Crippen molar-refractivity contribution in [3.63, 3.8) is 0 Å². The van der Waals surface area contributed by atoms with Gasteiger partial charge in [0.2, 0.25) is 5.91 Å². The monoisotopic (exact) mass is 234 g/mol. The molecule has 0 saturated heterocycles. The van der Waals surface area contributed by atoms with Crippen LogP contribution in [-0.2, 0) is 4.79 Å². The number of amides is 1. The Hall–Kier alpha value is -1.30. The molecule has 94 valence electrons. The highest BCUT2D eigenvalue weighted by Gasteiger charge is 2.35. The Morgan fingerprint density at radius 2 is 1.94 bits per heavy atom. The molecule has 0 fully saturated rings. The fourth-order valence-electron chi connectivity index (χ4n) is 2.39. The number of carbonyl (C=O) groups is 1. The van der Waals surface area contributed by atoms with Crippen molar-refractivity contribution in [1.82, 2.24) is 4.90 Å². The van der Waals surface area contributed by atoms with Gasteiger partial charge in [-0.3, -0.25) is 4.79 Å². The molecule has 1 unspecified atom stereocenters. The summed E-state index contributed by atoms with van der Waals surface area (Å²) < 4.78 is 0. The lowest BCUT2D eigenvalue weighted by molar-refractivity contribution is -0.130. The number of rotatable bonds is 3. The van der Waals surface area contributed by atoms with Gasteiger partial charge < -0.3 is 4.90 Å². The van der Waals surface area contributed by atoms with Gasteiger partial charge in [-0.25, -0.2) is 0 Å². The molecule has 3 heteroatoms. The maximum absolute atomic E-state index is 12.4. The van der Waals surface area contributed by atoms with E-state index in [0.717, 1.165) is 5.57 Å². The van der Waals surface area contributed by atoms with Gasteiger partial charge in [-0.15, -0.1) is 0 Å². The molecular formula is C14H22N2O. The van der Waals surface area contributed by atoms with Crippen molar-refractivity contribution in [3.05, 3.63) is 11.6 Å². The molecule has 0 bridgehead atoms. The molecule has 0 aromatic heterocycles. The van der Waals surface area contributed by atoms with Crippen molar-refractivity contribution < 1.29 is 4.79 Å². The van der Waals surface area contributed by atoms with E-state index in [1.165, 1.54) is 0 Å². The van der Waals surface area contributed by atoms with Gasteiger partial charge in [-0.1, -0.05) is 6.08 Å². The van der Waals surface area contributed by atoms with Gasteiger partial charge >= 0.3 is 0 Å². The zero-order chi connectivity index (χ0) is 13.2. The van der Waals surface area contributed by atoms with Crippen LogP contribution in [0.5, 0.6) is 0 Å². The second-order valence-electron chi connectivity index (χ2n) is 5.68. The molecule has 0 aliphatic heterocycles. The van der Waals surface area contributed by atoms with Crippen molar-refractivity contribution in [2.45, 2.75) is 59.5 Å². The molecule has 0 aromatic carbocycles. The lowest BCUT2D eigenvalue weighted by Gasteiger charge is -2.31. The van der Waals surface area contributed by atoms with Crippen LogP contribution < -0.4 is 0 Å². The zero-order valence-corrected chi connectivity index (χ0v) is 11.4. The summed E-state index contributed by atoms with van der Waals surface area (Å²) in [6.07, 6.45) is 3.20. The van der Waals surface area contributed by atoms with Crippen molar-refractivity contribution in [3.8, 4) is 6.07 Å². The van der Waals surface area contributed by atoms with E-state index in [4.69, 9.17) is 5.26 Å². The van der Waals surface area contributed by atoms with Gasteiger partial charge in [-0.2, -0.15) is 5.26 Å². The van der Waals surface area contributed by atoms with Gasteiger partial charge in [0, 0.05) is 17.7 Å². The minimum Gasteiger partial charge on any atom is -0.334 e. The number of nitriles is 1. The van der Waals surface area contributed by atoms with Crippen LogP contribution in [0.3, 0.4) is 0 Å². The number of hydrogen-bond donors (Lipinski definition) is 0. The van der Waals surface area contributed by atoms with Crippen LogP contribution in [0.15, 0.2) is 11.6 Å². The van der Waals surface area contributed by atoms with Crippen LogP contribution in [0.25, 0.3) is 0 Å². The molecule has 1 aliphatic carbocycles. The second kappa shape index (κ2) is 4.91. The van der Waals surface area contributed by atoms with E-state index in [1.807, 2.05) is 45.6 Å². The molecule has 1 amide bonds. The molecule has 17 heavy (non-hydrogen) atoms. The van der Waals surface area contributed by atoms with E-state index >= 15 is 0 Å². The first-order chi connectivity index (χ1) is 7.80. The Balaban J connectivity index is 2.82. The molecular weight excluding hydrogens is 212 g/mol. The summed E-state index contributed by atoms with van der Waals surface area (Å²) >= 11 is 0. The lowest BCUT2D eigenvalue weighted by atomic mass is 9.88. The largest absolute Gasteiger partial charge is 0.334 e. The molecule has 1 rings (SSSR count). The van der Waals surface area contributed by atoms with Crippen LogP contribution in [-0.4, -0.2) is 22.9 Å². The first-order valence-corrected chi connectivity index (χ1v) is 6.23. The van der Waals surface area contributed by atoms with Gasteiger partial charge in [0.05, 0.1) is 11.5 Å². The molecule has 1 aliphatic rings. The topological polar surface area (TPSA) is 44.1 Å². The molecule has 0 aromatic rings. The van der Waals surface area contributed by atoms with E-state index in [0.29, 0.717) is 12.8 Å². The highest BCUT2D eigenvalue weighted by atomic mass is 16.2. The summed E-state index contributed by atoms with van der Waals surface area (Å²) in [6.45, 7) is 10.0. The summed E-state index contributed by atoms with van der Waals surface area (Å²) in [5, 5.41) is 9.07. The molecule has 3 nitrogen and oxygen atoms in total. The Labute approximate surface area is 104 Å². The number of allylic oxidation sites excluding steroid dienone is 1. The Bertz CT molecular complexity index is 368. The van der Waals surface area contributed by atoms with Crippen molar-refractivity contribution in [2.24, 2.45) is 5.41 Å². The first kappa shape index (κ1) is 13.8. The highest BCUT2D eigenvalue weighted by molar-refractivity contribution is 5.94. The van der Waals surface area contributed by atoms with E-state index in [-0.39, 0.29) is 23.4 Å². The third-order valence-electron chi connectivity index (χ3n) is 3.27. The Morgan fingerprint density at radius 1 is 1.41 bits per heavy atom. The minimum atomic E-state index is -0.384. The summed E-state index contributed by atoms with van der Waals surface area (Å²) in [4.78, 5) is 14.3. The van der Waals surface area contributed by atoms with E-state index in [1.54, 1.807) is 0 Å². The summed E-state index contributed by atoms with van der Waals surface area (Å²) in [6, 6.07) is 2.68. The molecule has 0 radical (unpaired) electrons. The third kappa shape index (κ3) is 2.88. The van der Waals surface area contributed by atoms with Crippen molar-refractivity contribution >= 4 is 5.91 Å². The number of carbonyl (C=O) groups excluding carboxylic acids is 1. The smallest absolute Gasteiger partial charge is 0.249 e. The number of hydrogen-bond acceptors (Lipinski definition) is 2. The van der Waals surface area contributed by atoms with Crippen molar-refractivity contribution in [2.75, 3.05) is 0 Å². The molecule has 0 spiro atoms. The van der Waals surface area contributed by atoms with E-state index < -0.39 is 0 Å². The predicted molar refractivity (Wildman–Crippen MR) is 68.2 cm³/mol. The van der Waals surface area contributed by atoms with Crippen LogP contribution in [0.4, 0.5) is 0 Å². The van der Waals surface area contributed by atoms with Crippen LogP contribution in [0.1, 0.15) is 47.5 Å². The summed E-state index contributed by atoms with van der Waals surface area (Å²) in [5.74, 6) is 0.0916. The molecule has 1 atom stereocenters. The van der Waals surface area contributed by atoms with Crippen molar-refractivity contribution in [1.29, 1.82) is 5.26 Å². The minimum absolute atomic E-state index is 0.0916. The highest BCUT2D eigenvalue weighted by Crippen LogP contribution is 2.37. The van der Waals surface area contributed by atoms with E-state index in [9.17, 15) is 4.79 Å². The van der Waals surface area contributed by atoms with Gasteiger partial charge in [-0.05, 0) is 47.5 Å². The van der Waals surface area contributed by atoms with Gasteiger partial charge in [0.25, 0.3) is 0 Å². The standard InChI is InChI=1S/C14H22N2O/c1-10(2)16(11(3)4)13(17)12-6-7-14(5,8-12)9-15/h6,10-11H,7-8H2,1-5H3. The predicted octanol–water partition coefficient (Wildman–Crippen LogP) is 2.88.